The third-order valence-corrected chi connectivity index (χ3v) is 4.54. The summed E-state index contributed by atoms with van der Waals surface area (Å²) in [6.07, 6.45) is 1.58. The topological polar surface area (TPSA) is 77.5 Å². The lowest BCUT2D eigenvalue weighted by atomic mass is 10.2. The molecule has 6 nitrogen and oxygen atoms in total. The average Bonchev–Trinajstić information content (AvgIpc) is 3.08. The van der Waals surface area contributed by atoms with E-state index in [0.29, 0.717) is 15.6 Å². The van der Waals surface area contributed by atoms with E-state index in [9.17, 15) is 10.1 Å². The van der Waals surface area contributed by atoms with E-state index in [1.165, 1.54) is 6.07 Å². The van der Waals surface area contributed by atoms with Crippen LogP contribution in [0, 0.1) is 17.0 Å². The maximum Gasteiger partial charge on any atom is 0.310 e. The Morgan fingerprint density at radius 3 is 2.78 bits per heavy atom. The van der Waals surface area contributed by atoms with Gasteiger partial charge >= 0.3 is 5.69 Å². The van der Waals surface area contributed by atoms with Gasteiger partial charge in [0.05, 0.1) is 16.7 Å². The molecule has 0 atom stereocenters. The molecule has 3 aromatic rings. The minimum atomic E-state index is -0.486. The molecule has 3 rings (SSSR count). The standard InChI is InChI=1S/C19H15ClN2O4S/c1-12-15(8-9-25-12)19(27)21-14-6-7-16(20)13(10-14)11-26-18-5-3-2-4-17(18)22(23)24/h2-10H,11H2,1H3,(H,21,27). The molecule has 0 unspecified atom stereocenters. The van der Waals surface area contributed by atoms with E-state index in [1.54, 1.807) is 48.7 Å². The Balaban J connectivity index is 1.75. The van der Waals surface area contributed by atoms with Gasteiger partial charge < -0.3 is 14.5 Å². The number of thiocarbonyl (C=S) groups is 1. The number of rotatable bonds is 6. The number of halogens is 1. The average molecular weight is 403 g/mol. The van der Waals surface area contributed by atoms with E-state index in [1.807, 2.05) is 6.92 Å². The van der Waals surface area contributed by atoms with Gasteiger partial charge in [-0.2, -0.15) is 0 Å². The summed E-state index contributed by atoms with van der Waals surface area (Å²) < 4.78 is 10.9. The molecular weight excluding hydrogens is 388 g/mol. The summed E-state index contributed by atoms with van der Waals surface area (Å²) in [6, 6.07) is 13.3. The first-order valence-electron chi connectivity index (χ1n) is 7.96. The smallest absolute Gasteiger partial charge is 0.310 e. The number of nitrogens with zero attached hydrogens (tertiary/aromatic N) is 1. The summed E-state index contributed by atoms with van der Waals surface area (Å²) >= 11 is 11.6. The van der Waals surface area contributed by atoms with Crippen molar-refractivity contribution in [1.29, 1.82) is 0 Å². The van der Waals surface area contributed by atoms with Gasteiger partial charge in [0.2, 0.25) is 0 Å². The van der Waals surface area contributed by atoms with Gasteiger partial charge in [0.25, 0.3) is 0 Å². The Morgan fingerprint density at radius 1 is 1.30 bits per heavy atom. The highest BCUT2D eigenvalue weighted by Crippen LogP contribution is 2.28. The molecule has 8 heteroatoms. The summed E-state index contributed by atoms with van der Waals surface area (Å²) in [5, 5.41) is 14.7. The first kappa shape index (κ1) is 18.9. The summed E-state index contributed by atoms with van der Waals surface area (Å²) in [5.74, 6) is 0.905. The number of furan rings is 1. The lowest BCUT2D eigenvalue weighted by Gasteiger charge is -2.12. The lowest BCUT2D eigenvalue weighted by molar-refractivity contribution is -0.385. The van der Waals surface area contributed by atoms with Crippen LogP contribution in [0.3, 0.4) is 0 Å². The van der Waals surface area contributed by atoms with E-state index in [2.05, 4.69) is 5.32 Å². The number of hydrogen-bond donors (Lipinski definition) is 1. The van der Waals surface area contributed by atoms with Crippen LogP contribution in [0.2, 0.25) is 5.02 Å². The largest absolute Gasteiger partial charge is 0.482 e. The Labute approximate surface area is 165 Å². The fourth-order valence-corrected chi connectivity index (χ4v) is 2.97. The second-order valence-electron chi connectivity index (χ2n) is 5.66. The van der Waals surface area contributed by atoms with Crippen LogP contribution >= 0.6 is 23.8 Å². The molecule has 0 radical (unpaired) electrons. The SMILES string of the molecule is Cc1occc1C(=S)Nc1ccc(Cl)c(COc2ccccc2[N+](=O)[O-])c1. The fraction of sp³-hybridized carbons (Fsp3) is 0.105. The maximum absolute atomic E-state index is 11.1. The minimum absolute atomic E-state index is 0.0801. The van der Waals surface area contributed by atoms with Crippen molar-refractivity contribution in [2.75, 3.05) is 5.32 Å². The number of para-hydroxylation sites is 2. The van der Waals surface area contributed by atoms with Crippen molar-refractivity contribution in [3.8, 4) is 5.75 Å². The van der Waals surface area contributed by atoms with Crippen LogP contribution in [-0.4, -0.2) is 9.91 Å². The normalized spacial score (nSPS) is 10.4. The van der Waals surface area contributed by atoms with Crippen molar-refractivity contribution in [3.63, 3.8) is 0 Å². The molecule has 0 fully saturated rings. The van der Waals surface area contributed by atoms with Gasteiger partial charge in [-0.05, 0) is 37.3 Å². The molecule has 1 heterocycles. The predicted molar refractivity (Wildman–Crippen MR) is 108 cm³/mol. The van der Waals surface area contributed by atoms with E-state index in [-0.39, 0.29) is 18.0 Å². The molecule has 0 saturated heterocycles. The molecule has 1 N–H and O–H groups in total. The van der Waals surface area contributed by atoms with Crippen molar-refractivity contribution in [3.05, 3.63) is 86.8 Å². The monoisotopic (exact) mass is 402 g/mol. The number of nitrogens with one attached hydrogen (secondary N) is 1. The first-order valence-corrected chi connectivity index (χ1v) is 8.74. The zero-order chi connectivity index (χ0) is 19.4. The quantitative estimate of drug-likeness (QED) is 0.332. The van der Waals surface area contributed by atoms with Gasteiger partial charge in [0.1, 0.15) is 17.4 Å². The number of ether oxygens (including phenoxy) is 1. The number of benzene rings is 2. The van der Waals surface area contributed by atoms with Crippen LogP contribution in [-0.2, 0) is 6.61 Å². The van der Waals surface area contributed by atoms with Crippen molar-refractivity contribution in [1.82, 2.24) is 0 Å². The van der Waals surface area contributed by atoms with E-state index in [0.717, 1.165) is 17.0 Å². The zero-order valence-corrected chi connectivity index (χ0v) is 15.8. The number of nitro benzene ring substituents is 1. The van der Waals surface area contributed by atoms with Gasteiger partial charge in [-0.3, -0.25) is 10.1 Å². The summed E-state index contributed by atoms with van der Waals surface area (Å²) in [6.45, 7) is 1.91. The fourth-order valence-electron chi connectivity index (χ4n) is 2.47. The molecule has 0 spiro atoms. The molecule has 1 aromatic heterocycles. The molecule has 0 saturated carbocycles. The zero-order valence-electron chi connectivity index (χ0n) is 14.3. The molecular formula is C19H15ClN2O4S. The highest BCUT2D eigenvalue weighted by molar-refractivity contribution is 7.81. The van der Waals surface area contributed by atoms with Crippen molar-refractivity contribution in [2.45, 2.75) is 13.5 Å². The van der Waals surface area contributed by atoms with E-state index >= 15 is 0 Å². The minimum Gasteiger partial charge on any atom is -0.482 e. The van der Waals surface area contributed by atoms with Crippen molar-refractivity contribution >= 4 is 40.2 Å². The Kier molecular flexibility index (Phi) is 5.73. The third-order valence-electron chi connectivity index (χ3n) is 3.85. The van der Waals surface area contributed by atoms with E-state index < -0.39 is 4.92 Å². The highest BCUT2D eigenvalue weighted by Gasteiger charge is 2.15. The molecule has 0 aliphatic carbocycles. The predicted octanol–water partition coefficient (Wildman–Crippen LogP) is 5.52. The van der Waals surface area contributed by atoms with Crippen LogP contribution in [0.5, 0.6) is 5.75 Å². The van der Waals surface area contributed by atoms with Gasteiger partial charge in [0.15, 0.2) is 5.75 Å². The summed E-state index contributed by atoms with van der Waals surface area (Å²) in [4.78, 5) is 11.1. The van der Waals surface area contributed by atoms with Crippen LogP contribution < -0.4 is 10.1 Å². The first-order chi connectivity index (χ1) is 13.0. The number of aryl methyl sites for hydroxylation is 1. The molecule has 2 aromatic carbocycles. The third kappa shape index (κ3) is 4.45. The van der Waals surface area contributed by atoms with Gasteiger partial charge in [-0.25, -0.2) is 0 Å². The van der Waals surface area contributed by atoms with Crippen LogP contribution in [0.15, 0.2) is 59.2 Å². The summed E-state index contributed by atoms with van der Waals surface area (Å²) in [7, 11) is 0. The molecule has 27 heavy (non-hydrogen) atoms. The van der Waals surface area contributed by atoms with E-state index in [4.69, 9.17) is 33.0 Å². The van der Waals surface area contributed by atoms with Crippen LogP contribution in [0.1, 0.15) is 16.9 Å². The molecule has 0 aliphatic rings. The molecule has 0 aliphatic heterocycles. The molecule has 0 amide bonds. The van der Waals surface area contributed by atoms with Crippen molar-refractivity contribution in [2.24, 2.45) is 0 Å². The van der Waals surface area contributed by atoms with Gasteiger partial charge in [-0.15, -0.1) is 0 Å². The highest BCUT2D eigenvalue weighted by atomic mass is 35.5. The van der Waals surface area contributed by atoms with Crippen LogP contribution in [0.4, 0.5) is 11.4 Å². The van der Waals surface area contributed by atoms with Gasteiger partial charge in [-0.1, -0.05) is 36.0 Å². The molecule has 138 valence electrons. The van der Waals surface area contributed by atoms with Gasteiger partial charge in [0, 0.05) is 22.3 Å². The number of nitro groups is 1. The van der Waals surface area contributed by atoms with Crippen LogP contribution in [0.25, 0.3) is 0 Å². The van der Waals surface area contributed by atoms with Crippen molar-refractivity contribution < 1.29 is 14.1 Å². The Morgan fingerprint density at radius 2 is 2.07 bits per heavy atom. The second-order valence-corrected chi connectivity index (χ2v) is 6.48. The Hall–Kier alpha value is -2.90. The Bertz CT molecular complexity index is 1000. The molecule has 0 bridgehead atoms. The second kappa shape index (κ2) is 8.20. The summed E-state index contributed by atoms with van der Waals surface area (Å²) in [5.41, 5.74) is 2.11. The lowest BCUT2D eigenvalue weighted by Crippen LogP contribution is -2.11. The maximum atomic E-state index is 11.1. The number of hydrogen-bond acceptors (Lipinski definition) is 5. The number of anilines is 1.